The molecule has 1 nitrogen and oxygen atoms in total. The number of aryl methyl sites for hydroxylation is 3. The lowest BCUT2D eigenvalue weighted by molar-refractivity contribution is 1.30. The highest BCUT2D eigenvalue weighted by atomic mass is 14.6. The second-order valence-corrected chi connectivity index (χ2v) is 4.01. The molecule has 1 aromatic carbocycles. The normalized spacial score (nSPS) is 11.2. The van der Waals surface area contributed by atoms with Crippen LogP contribution in [0.2, 0.25) is 0 Å². The Morgan fingerprint density at radius 1 is 1.12 bits per heavy atom. The molecule has 0 aliphatic carbocycles. The van der Waals surface area contributed by atoms with Crippen molar-refractivity contribution in [1.29, 1.82) is 0 Å². The first kappa shape index (κ1) is 14.6. The molecule has 0 aliphatic rings. The summed E-state index contributed by atoms with van der Waals surface area (Å²) >= 11 is 0. The Bertz CT molecular complexity index is 373. The molecule has 0 heterocycles. The van der Waals surface area contributed by atoms with Crippen LogP contribution in [0.4, 0.5) is 0 Å². The second kappa shape index (κ2) is 7.86. The topological polar surface area (TPSA) is 12.4 Å². The maximum Gasteiger partial charge on any atom is 0.0277 e. The van der Waals surface area contributed by atoms with Crippen molar-refractivity contribution >= 4 is 6.21 Å². The van der Waals surface area contributed by atoms with Crippen LogP contribution in [0.5, 0.6) is 0 Å². The predicted octanol–water partition coefficient (Wildman–Crippen LogP) is 4.27. The Hall–Kier alpha value is -1.37. The fourth-order valence-corrected chi connectivity index (χ4v) is 1.17. The summed E-state index contributed by atoms with van der Waals surface area (Å²) in [7, 11) is 1.77. The minimum Gasteiger partial charge on any atom is -0.296 e. The van der Waals surface area contributed by atoms with Crippen LogP contribution < -0.4 is 0 Å². The minimum atomic E-state index is 1.21. The molecule has 0 amide bonds. The third-order valence-corrected chi connectivity index (χ3v) is 2.45. The molecule has 1 aromatic rings. The van der Waals surface area contributed by atoms with E-state index in [1.807, 2.05) is 26.1 Å². The third kappa shape index (κ3) is 6.18. The highest BCUT2D eigenvalue weighted by Gasteiger charge is 1.89. The summed E-state index contributed by atoms with van der Waals surface area (Å²) in [6.07, 6.45) is 3.85. The number of hydrogen-bond donors (Lipinski definition) is 0. The molecule has 0 aromatic heterocycles. The van der Waals surface area contributed by atoms with Crippen LogP contribution in [-0.2, 0) is 0 Å². The Kier molecular flexibility index (Phi) is 7.19. The number of aliphatic imine (C=N–C) groups is 1. The van der Waals surface area contributed by atoms with Gasteiger partial charge in [-0.3, -0.25) is 4.99 Å². The largest absolute Gasteiger partial charge is 0.296 e. The van der Waals surface area contributed by atoms with E-state index in [0.29, 0.717) is 0 Å². The zero-order chi connectivity index (χ0) is 12.6. The van der Waals surface area contributed by atoms with Crippen LogP contribution in [0.3, 0.4) is 0 Å². The number of rotatable bonds is 1. The quantitative estimate of drug-likeness (QED) is 0.623. The maximum atomic E-state index is 3.81. The van der Waals surface area contributed by atoms with Gasteiger partial charge in [-0.2, -0.15) is 0 Å². The van der Waals surface area contributed by atoms with E-state index >= 15 is 0 Å². The van der Waals surface area contributed by atoms with Crippen LogP contribution in [0, 0.1) is 20.8 Å². The monoisotopic (exact) mass is 217 g/mol. The van der Waals surface area contributed by atoms with Gasteiger partial charge >= 0.3 is 0 Å². The van der Waals surface area contributed by atoms with Gasteiger partial charge in [0.1, 0.15) is 0 Å². The molecular weight excluding hydrogens is 194 g/mol. The fraction of sp³-hybridized carbons (Fsp3) is 0.400. The van der Waals surface area contributed by atoms with Crippen LogP contribution in [0.15, 0.2) is 34.8 Å². The van der Waals surface area contributed by atoms with Gasteiger partial charge in [0.15, 0.2) is 0 Å². The number of benzene rings is 1. The van der Waals surface area contributed by atoms with Gasteiger partial charge in [-0.1, -0.05) is 29.8 Å². The highest BCUT2D eigenvalue weighted by molar-refractivity contribution is 5.77. The number of hydrogen-bond acceptors (Lipinski definition) is 1. The van der Waals surface area contributed by atoms with Crippen molar-refractivity contribution in [2.24, 2.45) is 4.99 Å². The van der Waals surface area contributed by atoms with Crippen LogP contribution in [-0.4, -0.2) is 13.3 Å². The van der Waals surface area contributed by atoms with Gasteiger partial charge < -0.3 is 0 Å². The van der Waals surface area contributed by atoms with Gasteiger partial charge in [0.25, 0.3) is 0 Å². The summed E-state index contributed by atoms with van der Waals surface area (Å²) in [6, 6.07) is 6.50. The molecule has 0 bridgehead atoms. The van der Waals surface area contributed by atoms with E-state index in [2.05, 4.69) is 44.0 Å². The summed E-state index contributed by atoms with van der Waals surface area (Å²) in [5, 5.41) is 0. The summed E-state index contributed by atoms with van der Waals surface area (Å²) in [6.45, 7) is 10.4. The average Bonchev–Trinajstić information content (AvgIpc) is 2.25. The molecule has 0 saturated heterocycles. The van der Waals surface area contributed by atoms with Gasteiger partial charge in [0.2, 0.25) is 0 Å². The lowest BCUT2D eigenvalue weighted by Crippen LogP contribution is -1.79. The Balaban J connectivity index is 0.000000293. The first-order valence-corrected chi connectivity index (χ1v) is 5.60. The molecule has 0 radical (unpaired) electrons. The maximum absolute atomic E-state index is 3.81. The molecule has 0 spiro atoms. The van der Waals surface area contributed by atoms with Gasteiger partial charge in [-0.05, 0) is 51.3 Å². The second-order valence-electron chi connectivity index (χ2n) is 4.01. The summed E-state index contributed by atoms with van der Waals surface area (Å²) in [5.74, 6) is 0. The first-order chi connectivity index (χ1) is 7.51. The van der Waals surface area contributed by atoms with Crippen LogP contribution in [0.1, 0.15) is 30.5 Å². The van der Waals surface area contributed by atoms with E-state index in [4.69, 9.17) is 0 Å². The minimum absolute atomic E-state index is 1.21. The van der Waals surface area contributed by atoms with Crippen molar-refractivity contribution < 1.29 is 0 Å². The van der Waals surface area contributed by atoms with E-state index in [9.17, 15) is 0 Å². The lowest BCUT2D eigenvalue weighted by Gasteiger charge is -1.98. The van der Waals surface area contributed by atoms with Gasteiger partial charge in [0, 0.05) is 13.3 Å². The molecule has 1 heteroatoms. The fourth-order valence-electron chi connectivity index (χ4n) is 1.17. The van der Waals surface area contributed by atoms with Gasteiger partial charge in [0.05, 0.1) is 0 Å². The van der Waals surface area contributed by atoms with Gasteiger partial charge in [-0.15, -0.1) is 0 Å². The Morgan fingerprint density at radius 2 is 1.75 bits per heavy atom. The SMILES string of the molecule is C/C=C(/C)C=NC.Cc1ccc(C)c(C)c1. The van der Waals surface area contributed by atoms with E-state index in [1.54, 1.807) is 7.05 Å². The van der Waals surface area contributed by atoms with E-state index in [0.717, 1.165) is 0 Å². The molecule has 0 unspecified atom stereocenters. The molecule has 1 rings (SSSR count). The molecule has 88 valence electrons. The van der Waals surface area contributed by atoms with E-state index < -0.39 is 0 Å². The first-order valence-electron chi connectivity index (χ1n) is 5.60. The zero-order valence-electron chi connectivity index (χ0n) is 11.3. The summed E-state index contributed by atoms with van der Waals surface area (Å²) < 4.78 is 0. The van der Waals surface area contributed by atoms with E-state index in [1.165, 1.54) is 22.3 Å². The van der Waals surface area contributed by atoms with Crippen molar-refractivity contribution in [2.45, 2.75) is 34.6 Å². The number of nitrogens with zero attached hydrogens (tertiary/aromatic N) is 1. The summed E-state index contributed by atoms with van der Waals surface area (Å²) in [5.41, 5.74) is 5.32. The zero-order valence-corrected chi connectivity index (χ0v) is 11.3. The van der Waals surface area contributed by atoms with Crippen LogP contribution >= 0.6 is 0 Å². The van der Waals surface area contributed by atoms with Crippen molar-refractivity contribution in [3.8, 4) is 0 Å². The lowest BCUT2D eigenvalue weighted by atomic mass is 10.1. The Morgan fingerprint density at radius 3 is 2.06 bits per heavy atom. The van der Waals surface area contributed by atoms with Crippen molar-refractivity contribution in [3.63, 3.8) is 0 Å². The Labute approximate surface area is 99.9 Å². The molecular formula is C15H23N. The van der Waals surface area contributed by atoms with Crippen molar-refractivity contribution in [3.05, 3.63) is 46.5 Å². The third-order valence-electron chi connectivity index (χ3n) is 2.45. The van der Waals surface area contributed by atoms with Crippen molar-refractivity contribution in [1.82, 2.24) is 0 Å². The highest BCUT2D eigenvalue weighted by Crippen LogP contribution is 2.07. The smallest absolute Gasteiger partial charge is 0.0277 e. The average molecular weight is 217 g/mol. The standard InChI is InChI=1S/C9H12.C6H11N/c1-7-4-5-8(2)9(3)6-7;1-4-6(2)5-7-3/h4-6H,1-3H3;4-5H,1-3H3/b;6-4-,7-5?. The molecule has 0 atom stereocenters. The van der Waals surface area contributed by atoms with Crippen molar-refractivity contribution in [2.75, 3.05) is 7.05 Å². The van der Waals surface area contributed by atoms with Gasteiger partial charge in [-0.25, -0.2) is 0 Å². The molecule has 0 aliphatic heterocycles. The predicted molar refractivity (Wildman–Crippen MR) is 74.5 cm³/mol. The molecule has 0 saturated carbocycles. The van der Waals surface area contributed by atoms with Crippen LogP contribution in [0.25, 0.3) is 0 Å². The summed E-state index contributed by atoms with van der Waals surface area (Å²) in [4.78, 5) is 3.81. The molecule has 0 N–H and O–H groups in total. The molecule has 16 heavy (non-hydrogen) atoms. The molecule has 0 fully saturated rings. The number of allylic oxidation sites excluding steroid dienone is 2. The van der Waals surface area contributed by atoms with E-state index in [-0.39, 0.29) is 0 Å².